The van der Waals surface area contributed by atoms with Gasteiger partial charge in [0.05, 0.1) is 5.41 Å². The molecule has 1 aliphatic carbocycles. The van der Waals surface area contributed by atoms with Crippen LogP contribution >= 0.6 is 0 Å². The summed E-state index contributed by atoms with van der Waals surface area (Å²) >= 11 is 0. The molecule has 20 heavy (non-hydrogen) atoms. The number of benzene rings is 1. The molecular formula is C15H17FN2O2. The second kappa shape index (κ2) is 4.66. The van der Waals surface area contributed by atoms with Crippen molar-refractivity contribution in [2.75, 3.05) is 11.4 Å². The van der Waals surface area contributed by atoms with Gasteiger partial charge < -0.3 is 10.6 Å². The number of amides is 1. The summed E-state index contributed by atoms with van der Waals surface area (Å²) in [5.41, 5.74) is 5.79. The lowest BCUT2D eigenvalue weighted by atomic mass is 9.70. The summed E-state index contributed by atoms with van der Waals surface area (Å²) in [5, 5.41) is 0. The number of anilines is 1. The minimum atomic E-state index is -0.666. The van der Waals surface area contributed by atoms with Gasteiger partial charge in [-0.25, -0.2) is 4.39 Å². The van der Waals surface area contributed by atoms with E-state index in [1.165, 1.54) is 12.1 Å². The first-order valence-electron chi connectivity index (χ1n) is 6.85. The Bertz CT molecular complexity index is 575. The first-order valence-corrected chi connectivity index (χ1v) is 6.85. The van der Waals surface area contributed by atoms with Gasteiger partial charge in [0.15, 0.2) is 0 Å². The largest absolute Gasteiger partial charge is 0.327 e. The molecule has 1 spiro atoms. The lowest BCUT2D eigenvalue weighted by molar-refractivity contribution is -0.134. The maximum atomic E-state index is 13.3. The molecule has 2 fully saturated rings. The number of hydrogen-bond acceptors (Lipinski definition) is 3. The molecule has 4 nitrogen and oxygen atoms in total. The van der Waals surface area contributed by atoms with E-state index in [-0.39, 0.29) is 30.0 Å². The van der Waals surface area contributed by atoms with Gasteiger partial charge in [0.1, 0.15) is 11.6 Å². The summed E-state index contributed by atoms with van der Waals surface area (Å²) < 4.78 is 13.3. The van der Waals surface area contributed by atoms with Crippen molar-refractivity contribution in [1.82, 2.24) is 0 Å². The van der Waals surface area contributed by atoms with Crippen LogP contribution < -0.4 is 10.6 Å². The van der Waals surface area contributed by atoms with Crippen molar-refractivity contribution in [3.05, 3.63) is 30.1 Å². The highest BCUT2D eigenvalue weighted by Gasteiger charge is 2.51. The fourth-order valence-corrected chi connectivity index (χ4v) is 3.45. The summed E-state index contributed by atoms with van der Waals surface area (Å²) in [6.45, 7) is 0.516. The summed E-state index contributed by atoms with van der Waals surface area (Å²) in [6.07, 6.45) is 1.78. The highest BCUT2D eigenvalue weighted by Crippen LogP contribution is 2.44. The van der Waals surface area contributed by atoms with E-state index in [9.17, 15) is 14.0 Å². The topological polar surface area (TPSA) is 63.4 Å². The van der Waals surface area contributed by atoms with Crippen LogP contribution in [-0.4, -0.2) is 24.3 Å². The number of halogens is 1. The lowest BCUT2D eigenvalue weighted by Gasteiger charge is -2.34. The number of Topliss-reactive ketones (excluding diaryl/α,β-unsaturated/α-hetero) is 1. The van der Waals surface area contributed by atoms with Crippen molar-refractivity contribution in [3.8, 4) is 0 Å². The van der Waals surface area contributed by atoms with Crippen molar-refractivity contribution >= 4 is 17.4 Å². The van der Waals surface area contributed by atoms with Gasteiger partial charge in [-0.15, -0.1) is 0 Å². The normalized spacial score (nSPS) is 30.3. The lowest BCUT2D eigenvalue weighted by Crippen LogP contribution is -2.45. The van der Waals surface area contributed by atoms with Gasteiger partial charge in [-0.05, 0) is 31.0 Å². The first-order chi connectivity index (χ1) is 9.50. The van der Waals surface area contributed by atoms with E-state index < -0.39 is 5.41 Å². The number of nitrogens with zero attached hydrogens (tertiary/aromatic N) is 1. The zero-order valence-corrected chi connectivity index (χ0v) is 11.1. The third kappa shape index (κ3) is 2.12. The van der Waals surface area contributed by atoms with Gasteiger partial charge in [0.2, 0.25) is 5.91 Å². The van der Waals surface area contributed by atoms with Crippen LogP contribution in [0.4, 0.5) is 10.1 Å². The summed E-state index contributed by atoms with van der Waals surface area (Å²) in [4.78, 5) is 26.0. The van der Waals surface area contributed by atoms with Crippen LogP contribution in [0.1, 0.15) is 25.7 Å². The predicted octanol–water partition coefficient (Wildman–Crippen LogP) is 1.63. The Morgan fingerprint density at radius 3 is 2.85 bits per heavy atom. The fourth-order valence-electron chi connectivity index (χ4n) is 3.45. The fraction of sp³-hybridized carbons (Fsp3) is 0.467. The van der Waals surface area contributed by atoms with E-state index in [1.54, 1.807) is 17.0 Å². The average Bonchev–Trinajstić information content (AvgIpc) is 2.65. The maximum absolute atomic E-state index is 13.3. The van der Waals surface area contributed by atoms with E-state index in [4.69, 9.17) is 5.73 Å². The Balaban J connectivity index is 1.89. The summed E-state index contributed by atoms with van der Waals surface area (Å²) in [5.74, 6) is -0.405. The number of hydrogen-bond donors (Lipinski definition) is 1. The van der Waals surface area contributed by atoms with Crippen molar-refractivity contribution in [3.63, 3.8) is 0 Å². The van der Waals surface area contributed by atoms with Crippen molar-refractivity contribution in [2.24, 2.45) is 11.1 Å². The maximum Gasteiger partial charge on any atom is 0.233 e. The van der Waals surface area contributed by atoms with Crippen molar-refractivity contribution in [2.45, 2.75) is 31.7 Å². The molecular weight excluding hydrogens is 259 g/mol. The molecule has 1 heterocycles. The van der Waals surface area contributed by atoms with Gasteiger partial charge in [0.25, 0.3) is 0 Å². The van der Waals surface area contributed by atoms with Crippen LogP contribution in [-0.2, 0) is 9.59 Å². The average molecular weight is 276 g/mol. The number of nitrogens with two attached hydrogens (primary N) is 1. The SMILES string of the molecule is NC1CC(=O)CC2(CCN(c3cccc(F)c3)C2=O)C1. The highest BCUT2D eigenvalue weighted by atomic mass is 19.1. The van der Waals surface area contributed by atoms with Crippen LogP contribution in [0.3, 0.4) is 0 Å². The Kier molecular flexibility index (Phi) is 3.09. The van der Waals surface area contributed by atoms with Gasteiger partial charge in [0, 0.05) is 31.1 Å². The molecule has 2 atom stereocenters. The molecule has 2 unspecified atom stereocenters. The quantitative estimate of drug-likeness (QED) is 0.848. The first kappa shape index (κ1) is 13.2. The van der Waals surface area contributed by atoms with E-state index in [2.05, 4.69) is 0 Å². The summed E-state index contributed by atoms with van der Waals surface area (Å²) in [7, 11) is 0. The molecule has 2 N–H and O–H groups in total. The molecule has 106 valence electrons. The number of rotatable bonds is 1. The molecule has 2 aliphatic rings. The zero-order valence-electron chi connectivity index (χ0n) is 11.1. The van der Waals surface area contributed by atoms with E-state index in [0.717, 1.165) is 0 Å². The molecule has 0 aromatic heterocycles. The van der Waals surface area contributed by atoms with Crippen molar-refractivity contribution in [1.29, 1.82) is 0 Å². The molecule has 1 aliphatic heterocycles. The number of carbonyl (C=O) groups is 2. The van der Waals surface area contributed by atoms with E-state index >= 15 is 0 Å². The van der Waals surface area contributed by atoms with Crippen LogP contribution in [0.5, 0.6) is 0 Å². The van der Waals surface area contributed by atoms with E-state index in [0.29, 0.717) is 31.5 Å². The minimum Gasteiger partial charge on any atom is -0.327 e. The van der Waals surface area contributed by atoms with Gasteiger partial charge in [-0.2, -0.15) is 0 Å². The molecule has 0 radical (unpaired) electrons. The molecule has 5 heteroatoms. The highest BCUT2D eigenvalue weighted by molar-refractivity contribution is 6.03. The number of carbonyl (C=O) groups excluding carboxylic acids is 2. The Hall–Kier alpha value is -1.75. The molecule has 1 saturated carbocycles. The number of ketones is 1. The molecule has 1 aromatic rings. The molecule has 0 bridgehead atoms. The standard InChI is InChI=1S/C15H17FN2O2/c16-10-2-1-3-12(6-10)18-5-4-15(14(18)20)8-11(17)7-13(19)9-15/h1-3,6,11H,4-5,7-9,17H2. The molecule has 1 amide bonds. The van der Waals surface area contributed by atoms with Gasteiger partial charge in [-0.1, -0.05) is 6.07 Å². The Morgan fingerprint density at radius 2 is 2.15 bits per heavy atom. The molecule has 1 aromatic carbocycles. The second-order valence-corrected chi connectivity index (χ2v) is 5.85. The molecule has 3 rings (SSSR count). The summed E-state index contributed by atoms with van der Waals surface area (Å²) in [6, 6.07) is 5.75. The smallest absolute Gasteiger partial charge is 0.233 e. The van der Waals surface area contributed by atoms with Crippen molar-refractivity contribution < 1.29 is 14.0 Å². The van der Waals surface area contributed by atoms with Crippen LogP contribution in [0.2, 0.25) is 0 Å². The van der Waals surface area contributed by atoms with Crippen LogP contribution in [0.15, 0.2) is 24.3 Å². The van der Waals surface area contributed by atoms with E-state index in [1.807, 2.05) is 0 Å². The Morgan fingerprint density at radius 1 is 1.35 bits per heavy atom. The van der Waals surface area contributed by atoms with Crippen LogP contribution in [0.25, 0.3) is 0 Å². The molecule has 1 saturated heterocycles. The third-order valence-corrected chi connectivity index (χ3v) is 4.31. The second-order valence-electron chi connectivity index (χ2n) is 5.85. The van der Waals surface area contributed by atoms with Crippen LogP contribution in [0, 0.1) is 11.2 Å². The Labute approximate surface area is 116 Å². The van der Waals surface area contributed by atoms with Gasteiger partial charge >= 0.3 is 0 Å². The zero-order chi connectivity index (χ0) is 14.3. The third-order valence-electron chi connectivity index (χ3n) is 4.31. The minimum absolute atomic E-state index is 0.0539. The van der Waals surface area contributed by atoms with Gasteiger partial charge in [-0.3, -0.25) is 9.59 Å². The predicted molar refractivity (Wildman–Crippen MR) is 72.6 cm³/mol. The monoisotopic (exact) mass is 276 g/mol.